The molecule has 5 heteroatoms. The summed E-state index contributed by atoms with van der Waals surface area (Å²) in [6, 6.07) is 6.77. The topological polar surface area (TPSA) is 64.6 Å². The Morgan fingerprint density at radius 3 is 2.63 bits per heavy atom. The van der Waals surface area contributed by atoms with Crippen LogP contribution < -0.4 is 10.1 Å². The third-order valence-corrected chi connectivity index (χ3v) is 2.45. The smallest absolute Gasteiger partial charge is 0.258 e. The molecule has 1 amide bonds. The van der Waals surface area contributed by atoms with E-state index in [1.807, 2.05) is 6.92 Å². The molecule has 0 heterocycles. The van der Waals surface area contributed by atoms with E-state index in [0.29, 0.717) is 17.9 Å². The van der Waals surface area contributed by atoms with Crippen molar-refractivity contribution in [2.75, 3.05) is 20.3 Å². The molecule has 0 fully saturated rings. The van der Waals surface area contributed by atoms with Gasteiger partial charge < -0.3 is 14.8 Å². The molecular weight excluding hydrogens is 246 g/mol. The molecule has 0 aliphatic heterocycles. The summed E-state index contributed by atoms with van der Waals surface area (Å²) >= 11 is 0. The standard InChI is InChI=1S/C14H19NO4/c1-10(8-18-3)15-14(17)9-19-13-7-5-4-6-12(13)11(2)16/h4-7,10H,8-9H2,1-3H3,(H,15,17). The number of ketones is 1. The third kappa shape index (κ3) is 5.09. The molecule has 0 spiro atoms. The van der Waals surface area contributed by atoms with E-state index in [1.165, 1.54) is 6.92 Å². The molecule has 0 saturated carbocycles. The van der Waals surface area contributed by atoms with Gasteiger partial charge in [0.2, 0.25) is 0 Å². The SMILES string of the molecule is COCC(C)NC(=O)COc1ccccc1C(C)=O. The minimum atomic E-state index is -0.247. The molecule has 1 unspecified atom stereocenters. The molecule has 5 nitrogen and oxygen atoms in total. The van der Waals surface area contributed by atoms with Gasteiger partial charge in [-0.05, 0) is 26.0 Å². The second kappa shape index (κ2) is 7.53. The summed E-state index contributed by atoms with van der Waals surface area (Å²) in [5, 5.41) is 2.73. The van der Waals surface area contributed by atoms with Gasteiger partial charge in [-0.1, -0.05) is 12.1 Å². The highest BCUT2D eigenvalue weighted by Crippen LogP contribution is 2.18. The second-order valence-corrected chi connectivity index (χ2v) is 4.26. The maximum absolute atomic E-state index is 11.6. The lowest BCUT2D eigenvalue weighted by Crippen LogP contribution is -2.38. The Balaban J connectivity index is 2.53. The van der Waals surface area contributed by atoms with Crippen LogP contribution in [0.4, 0.5) is 0 Å². The van der Waals surface area contributed by atoms with Crippen LogP contribution in [0, 0.1) is 0 Å². The third-order valence-electron chi connectivity index (χ3n) is 2.45. The van der Waals surface area contributed by atoms with Crippen molar-refractivity contribution in [3.63, 3.8) is 0 Å². The summed E-state index contributed by atoms with van der Waals surface area (Å²) < 4.78 is 10.3. The average Bonchev–Trinajstić information content (AvgIpc) is 2.36. The molecule has 0 aromatic heterocycles. The quantitative estimate of drug-likeness (QED) is 0.757. The first-order valence-corrected chi connectivity index (χ1v) is 6.05. The van der Waals surface area contributed by atoms with E-state index >= 15 is 0 Å². The van der Waals surface area contributed by atoms with Gasteiger partial charge in [0.25, 0.3) is 5.91 Å². The predicted molar refractivity (Wildman–Crippen MR) is 71.4 cm³/mol. The van der Waals surface area contributed by atoms with Crippen molar-refractivity contribution in [1.29, 1.82) is 0 Å². The van der Waals surface area contributed by atoms with Crippen molar-refractivity contribution in [3.05, 3.63) is 29.8 Å². The molecule has 1 N–H and O–H groups in total. The summed E-state index contributed by atoms with van der Waals surface area (Å²) in [4.78, 5) is 23.0. The van der Waals surface area contributed by atoms with Crippen LogP contribution in [0.5, 0.6) is 5.75 Å². The van der Waals surface area contributed by atoms with Gasteiger partial charge in [0.05, 0.1) is 12.2 Å². The van der Waals surface area contributed by atoms with Crippen molar-refractivity contribution in [2.45, 2.75) is 19.9 Å². The van der Waals surface area contributed by atoms with E-state index in [-0.39, 0.29) is 24.3 Å². The van der Waals surface area contributed by atoms with Crippen LogP contribution in [0.2, 0.25) is 0 Å². The Morgan fingerprint density at radius 1 is 1.32 bits per heavy atom. The molecule has 0 radical (unpaired) electrons. The Bertz CT molecular complexity index is 445. The number of carbonyl (C=O) groups excluding carboxylic acids is 2. The van der Waals surface area contributed by atoms with E-state index < -0.39 is 0 Å². The average molecular weight is 265 g/mol. The van der Waals surface area contributed by atoms with Crippen LogP contribution >= 0.6 is 0 Å². The molecule has 0 bridgehead atoms. The number of hydrogen-bond donors (Lipinski definition) is 1. The molecule has 0 saturated heterocycles. The predicted octanol–water partition coefficient (Wildman–Crippen LogP) is 1.42. The van der Waals surface area contributed by atoms with Gasteiger partial charge in [-0.3, -0.25) is 9.59 Å². The summed E-state index contributed by atoms with van der Waals surface area (Å²) in [5.74, 6) is 0.0798. The molecule has 104 valence electrons. The molecule has 1 atom stereocenters. The molecule has 1 rings (SSSR count). The monoisotopic (exact) mass is 265 g/mol. The normalized spacial score (nSPS) is 11.7. The van der Waals surface area contributed by atoms with Crippen LogP contribution in [-0.4, -0.2) is 38.1 Å². The van der Waals surface area contributed by atoms with Crippen molar-refractivity contribution >= 4 is 11.7 Å². The first-order valence-electron chi connectivity index (χ1n) is 6.05. The van der Waals surface area contributed by atoms with Crippen LogP contribution in [-0.2, 0) is 9.53 Å². The first-order chi connectivity index (χ1) is 9.04. The molecule has 1 aromatic rings. The van der Waals surface area contributed by atoms with E-state index in [2.05, 4.69) is 5.32 Å². The van der Waals surface area contributed by atoms with Gasteiger partial charge in [-0.15, -0.1) is 0 Å². The summed E-state index contributed by atoms with van der Waals surface area (Å²) in [6.07, 6.45) is 0. The number of ether oxygens (including phenoxy) is 2. The van der Waals surface area contributed by atoms with E-state index in [9.17, 15) is 9.59 Å². The Morgan fingerprint density at radius 2 is 2.00 bits per heavy atom. The lowest BCUT2D eigenvalue weighted by atomic mass is 10.1. The van der Waals surface area contributed by atoms with Crippen molar-refractivity contribution in [1.82, 2.24) is 5.32 Å². The fourth-order valence-corrected chi connectivity index (χ4v) is 1.63. The lowest BCUT2D eigenvalue weighted by molar-refractivity contribution is -0.124. The number of rotatable bonds is 7. The maximum Gasteiger partial charge on any atom is 0.258 e. The van der Waals surface area contributed by atoms with Crippen LogP contribution in [0.3, 0.4) is 0 Å². The zero-order valence-electron chi connectivity index (χ0n) is 11.4. The van der Waals surface area contributed by atoms with E-state index in [4.69, 9.17) is 9.47 Å². The summed E-state index contributed by atoms with van der Waals surface area (Å²) in [5.41, 5.74) is 0.472. The minimum absolute atomic E-state index is 0.0795. The van der Waals surface area contributed by atoms with Gasteiger partial charge in [0.15, 0.2) is 12.4 Å². The zero-order chi connectivity index (χ0) is 14.3. The molecule has 1 aromatic carbocycles. The van der Waals surface area contributed by atoms with Crippen molar-refractivity contribution in [3.8, 4) is 5.75 Å². The molecule has 0 aliphatic rings. The minimum Gasteiger partial charge on any atom is -0.483 e. The number of methoxy groups -OCH3 is 1. The van der Waals surface area contributed by atoms with Crippen LogP contribution in [0.1, 0.15) is 24.2 Å². The van der Waals surface area contributed by atoms with E-state index in [0.717, 1.165) is 0 Å². The van der Waals surface area contributed by atoms with Gasteiger partial charge >= 0.3 is 0 Å². The largest absolute Gasteiger partial charge is 0.483 e. The number of benzene rings is 1. The number of hydrogen-bond acceptors (Lipinski definition) is 4. The van der Waals surface area contributed by atoms with Gasteiger partial charge in [0.1, 0.15) is 5.75 Å². The van der Waals surface area contributed by atoms with Gasteiger partial charge in [-0.25, -0.2) is 0 Å². The fourth-order valence-electron chi connectivity index (χ4n) is 1.63. The number of amides is 1. The van der Waals surface area contributed by atoms with Crippen molar-refractivity contribution < 1.29 is 19.1 Å². The van der Waals surface area contributed by atoms with Crippen LogP contribution in [0.25, 0.3) is 0 Å². The molecule has 19 heavy (non-hydrogen) atoms. The number of carbonyl (C=O) groups is 2. The highest BCUT2D eigenvalue weighted by Gasteiger charge is 2.11. The zero-order valence-corrected chi connectivity index (χ0v) is 11.4. The number of para-hydroxylation sites is 1. The highest BCUT2D eigenvalue weighted by atomic mass is 16.5. The summed E-state index contributed by atoms with van der Waals surface area (Å²) in [7, 11) is 1.57. The lowest BCUT2D eigenvalue weighted by Gasteiger charge is -2.14. The van der Waals surface area contributed by atoms with Crippen molar-refractivity contribution in [2.24, 2.45) is 0 Å². The number of nitrogens with one attached hydrogen (secondary N) is 1. The first kappa shape index (κ1) is 15.2. The second-order valence-electron chi connectivity index (χ2n) is 4.26. The van der Waals surface area contributed by atoms with E-state index in [1.54, 1.807) is 31.4 Å². The molecular formula is C14H19NO4. The summed E-state index contributed by atoms with van der Waals surface area (Å²) in [6.45, 7) is 3.61. The number of Topliss-reactive ketones (excluding diaryl/α,β-unsaturated/α-hetero) is 1. The highest BCUT2D eigenvalue weighted by molar-refractivity contribution is 5.96. The Kier molecular flexibility index (Phi) is 6.02. The van der Waals surface area contributed by atoms with Gasteiger partial charge in [0, 0.05) is 13.2 Å². The Hall–Kier alpha value is -1.88. The van der Waals surface area contributed by atoms with Gasteiger partial charge in [-0.2, -0.15) is 0 Å². The fraction of sp³-hybridized carbons (Fsp3) is 0.429. The van der Waals surface area contributed by atoms with Crippen LogP contribution in [0.15, 0.2) is 24.3 Å². The molecule has 0 aliphatic carbocycles. The maximum atomic E-state index is 11.6. The Labute approximate surface area is 112 Å².